The van der Waals surface area contributed by atoms with E-state index in [0.717, 1.165) is 6.07 Å². The minimum atomic E-state index is -4.57. The molecular formula is C22H15ClF3N3O4S. The molecule has 0 bridgehead atoms. The third kappa shape index (κ3) is 4.66. The Morgan fingerprint density at radius 1 is 1.21 bits per heavy atom. The number of benzene rings is 2. The van der Waals surface area contributed by atoms with Crippen molar-refractivity contribution in [2.45, 2.75) is 19.6 Å². The number of aryl methyl sites for hydroxylation is 1. The monoisotopic (exact) mass is 509 g/mol. The Labute approximate surface area is 199 Å². The summed E-state index contributed by atoms with van der Waals surface area (Å²) in [7, 11) is 0. The highest BCUT2D eigenvalue weighted by Gasteiger charge is 2.36. The topological polar surface area (TPSA) is 92.5 Å². The first kappa shape index (κ1) is 23.8. The number of aromatic nitrogens is 2. The van der Waals surface area contributed by atoms with Crippen molar-refractivity contribution in [3.63, 3.8) is 0 Å². The second-order valence-corrected chi connectivity index (χ2v) is 8.91. The van der Waals surface area contributed by atoms with E-state index in [-0.39, 0.29) is 22.0 Å². The van der Waals surface area contributed by atoms with Crippen LogP contribution < -0.4 is 0 Å². The molecule has 1 N–H and O–H groups in total. The van der Waals surface area contributed by atoms with Crippen molar-refractivity contribution in [3.8, 4) is 0 Å². The lowest BCUT2D eigenvalue weighted by molar-refractivity contribution is -0.140. The summed E-state index contributed by atoms with van der Waals surface area (Å²) in [5, 5.41) is 13.2. The zero-order valence-electron chi connectivity index (χ0n) is 17.4. The number of hydrogen-bond acceptors (Lipinski definition) is 5. The number of aliphatic carboxylic acids is 1. The van der Waals surface area contributed by atoms with Crippen LogP contribution in [0, 0.1) is 6.92 Å². The molecule has 0 saturated carbocycles. The number of carboxylic acid groups (broad SMARTS) is 1. The van der Waals surface area contributed by atoms with Crippen molar-refractivity contribution in [1.82, 2.24) is 14.7 Å². The Balaban J connectivity index is 1.67. The summed E-state index contributed by atoms with van der Waals surface area (Å²) in [5.41, 5.74) is 0.870. The van der Waals surface area contributed by atoms with E-state index in [9.17, 15) is 27.6 Å². The van der Waals surface area contributed by atoms with Gasteiger partial charge < -0.3 is 5.11 Å². The molecule has 0 unspecified atom stereocenters. The molecule has 0 atom stereocenters. The van der Waals surface area contributed by atoms with E-state index < -0.39 is 35.4 Å². The Bertz CT molecular complexity index is 1380. The van der Waals surface area contributed by atoms with Crippen molar-refractivity contribution >= 4 is 57.5 Å². The van der Waals surface area contributed by atoms with Crippen molar-refractivity contribution in [1.29, 1.82) is 0 Å². The van der Waals surface area contributed by atoms with Crippen molar-refractivity contribution in [2.75, 3.05) is 6.54 Å². The second kappa shape index (κ2) is 8.80. The van der Waals surface area contributed by atoms with Gasteiger partial charge in [-0.2, -0.15) is 18.3 Å². The van der Waals surface area contributed by atoms with Gasteiger partial charge in [-0.1, -0.05) is 23.7 Å². The summed E-state index contributed by atoms with van der Waals surface area (Å²) >= 11 is 6.40. The predicted octanol–water partition coefficient (Wildman–Crippen LogP) is 5.19. The van der Waals surface area contributed by atoms with Crippen LogP contribution in [-0.2, 0) is 22.3 Å². The van der Waals surface area contributed by atoms with Gasteiger partial charge in [0.2, 0.25) is 0 Å². The highest BCUT2D eigenvalue weighted by atomic mass is 35.5. The van der Waals surface area contributed by atoms with Gasteiger partial charge in [0.1, 0.15) is 6.54 Å². The Morgan fingerprint density at radius 3 is 2.62 bits per heavy atom. The molecule has 1 fully saturated rings. The standard InChI is InChI=1S/C22H15ClF3N3O4S/c1-11-15-6-12(7-18-20(32)28(10-19(30)31)21(33)34-18)2-5-17(15)29(27-11)9-13-3-4-14(23)8-16(13)22(24,25)26/h2-8H,9-10H2,1H3,(H,30,31). The molecule has 1 aliphatic rings. The largest absolute Gasteiger partial charge is 0.480 e. The maximum atomic E-state index is 13.5. The van der Waals surface area contributed by atoms with Gasteiger partial charge in [-0.25, -0.2) is 0 Å². The normalized spacial score (nSPS) is 15.7. The number of amides is 2. The Morgan fingerprint density at radius 2 is 1.94 bits per heavy atom. The average molecular weight is 510 g/mol. The van der Waals surface area contributed by atoms with Crippen molar-refractivity contribution < 1.29 is 32.7 Å². The summed E-state index contributed by atoms with van der Waals surface area (Å²) in [5.74, 6) is -2.00. The molecule has 0 radical (unpaired) electrons. The third-order valence-electron chi connectivity index (χ3n) is 5.12. The molecule has 1 saturated heterocycles. The number of carbonyl (C=O) groups excluding carboxylic acids is 2. The number of carboxylic acids is 1. The number of nitrogens with zero attached hydrogens (tertiary/aromatic N) is 3. The van der Waals surface area contributed by atoms with Crippen LogP contribution >= 0.6 is 23.4 Å². The molecule has 3 aromatic rings. The molecule has 176 valence electrons. The zero-order chi connectivity index (χ0) is 24.8. The van der Waals surface area contributed by atoms with Gasteiger partial charge in [-0.15, -0.1) is 0 Å². The lowest BCUT2D eigenvalue weighted by atomic mass is 10.1. The van der Waals surface area contributed by atoms with Crippen LogP contribution in [0.25, 0.3) is 17.0 Å². The van der Waals surface area contributed by atoms with Crippen LogP contribution in [0.3, 0.4) is 0 Å². The summed E-state index contributed by atoms with van der Waals surface area (Å²) in [6.45, 7) is 0.844. The molecule has 1 aliphatic heterocycles. The van der Waals surface area contributed by atoms with Gasteiger partial charge in [-0.3, -0.25) is 24.0 Å². The van der Waals surface area contributed by atoms with Crippen molar-refractivity contribution in [3.05, 3.63) is 68.7 Å². The lowest BCUT2D eigenvalue weighted by Gasteiger charge is -2.14. The van der Waals surface area contributed by atoms with E-state index in [4.69, 9.17) is 16.7 Å². The van der Waals surface area contributed by atoms with E-state index in [1.165, 1.54) is 22.9 Å². The molecular weight excluding hydrogens is 495 g/mol. The maximum absolute atomic E-state index is 13.5. The number of imide groups is 1. The quantitative estimate of drug-likeness (QED) is 0.476. The first-order valence-electron chi connectivity index (χ1n) is 9.74. The fourth-order valence-electron chi connectivity index (χ4n) is 3.60. The van der Waals surface area contributed by atoms with E-state index in [2.05, 4.69) is 5.10 Å². The van der Waals surface area contributed by atoms with E-state index in [1.807, 2.05) is 0 Å². The second-order valence-electron chi connectivity index (χ2n) is 7.48. The molecule has 0 aliphatic carbocycles. The molecule has 1 aromatic heterocycles. The third-order valence-corrected chi connectivity index (χ3v) is 6.26. The van der Waals surface area contributed by atoms with Crippen LogP contribution in [0.5, 0.6) is 0 Å². The van der Waals surface area contributed by atoms with E-state index in [1.54, 1.807) is 25.1 Å². The Hall–Kier alpha value is -3.31. The SMILES string of the molecule is Cc1nn(Cc2ccc(Cl)cc2C(F)(F)F)c2ccc(C=C3SC(=O)N(CC(=O)O)C3=O)cc12. The van der Waals surface area contributed by atoms with Gasteiger partial charge in [0.05, 0.1) is 28.2 Å². The van der Waals surface area contributed by atoms with Crippen LogP contribution in [0.15, 0.2) is 41.3 Å². The number of carbonyl (C=O) groups is 3. The minimum Gasteiger partial charge on any atom is -0.480 e. The highest BCUT2D eigenvalue weighted by molar-refractivity contribution is 8.18. The van der Waals surface area contributed by atoms with Crippen LogP contribution in [0.4, 0.5) is 18.0 Å². The molecule has 4 rings (SSSR count). The van der Waals surface area contributed by atoms with E-state index >= 15 is 0 Å². The first-order chi connectivity index (χ1) is 15.9. The smallest absolute Gasteiger partial charge is 0.416 e. The average Bonchev–Trinajstić information content (AvgIpc) is 3.19. The highest BCUT2D eigenvalue weighted by Crippen LogP contribution is 2.35. The fourth-order valence-corrected chi connectivity index (χ4v) is 4.61. The van der Waals surface area contributed by atoms with Gasteiger partial charge in [-0.05, 0) is 60.2 Å². The zero-order valence-corrected chi connectivity index (χ0v) is 19.0. The number of fused-ring (bicyclic) bond motifs is 1. The van der Waals surface area contributed by atoms with Gasteiger partial charge in [0, 0.05) is 10.4 Å². The summed E-state index contributed by atoms with van der Waals surface area (Å²) in [4.78, 5) is 35.9. The van der Waals surface area contributed by atoms with E-state index in [0.29, 0.717) is 38.8 Å². The van der Waals surface area contributed by atoms with Gasteiger partial charge >= 0.3 is 12.1 Å². The number of alkyl halides is 3. The molecule has 0 spiro atoms. The lowest BCUT2D eigenvalue weighted by Crippen LogP contribution is -2.33. The Kier molecular flexibility index (Phi) is 6.17. The molecule has 2 aromatic carbocycles. The number of halogens is 4. The summed E-state index contributed by atoms with van der Waals surface area (Å²) in [6, 6.07) is 8.58. The van der Waals surface area contributed by atoms with Gasteiger partial charge in [0.15, 0.2) is 0 Å². The minimum absolute atomic E-state index is 0.0116. The van der Waals surface area contributed by atoms with Crippen molar-refractivity contribution in [2.24, 2.45) is 0 Å². The van der Waals surface area contributed by atoms with Gasteiger partial charge in [0.25, 0.3) is 11.1 Å². The predicted molar refractivity (Wildman–Crippen MR) is 120 cm³/mol. The fraction of sp³-hybridized carbons (Fsp3) is 0.182. The van der Waals surface area contributed by atoms with Crippen LogP contribution in [0.1, 0.15) is 22.4 Å². The number of rotatable bonds is 5. The molecule has 2 heterocycles. The maximum Gasteiger partial charge on any atom is 0.416 e. The molecule has 34 heavy (non-hydrogen) atoms. The molecule has 7 nitrogen and oxygen atoms in total. The molecule has 2 amide bonds. The summed E-state index contributed by atoms with van der Waals surface area (Å²) in [6.07, 6.45) is -3.11. The number of thioether (sulfide) groups is 1. The first-order valence-corrected chi connectivity index (χ1v) is 10.9. The van der Waals surface area contributed by atoms with Crippen LogP contribution in [-0.4, -0.2) is 43.4 Å². The van der Waals surface area contributed by atoms with Crippen LogP contribution in [0.2, 0.25) is 5.02 Å². The molecule has 12 heteroatoms. The summed E-state index contributed by atoms with van der Waals surface area (Å²) < 4.78 is 41.9. The number of hydrogen-bond donors (Lipinski definition) is 1.